The van der Waals surface area contributed by atoms with Crippen molar-refractivity contribution in [3.8, 4) is 0 Å². The van der Waals surface area contributed by atoms with E-state index in [9.17, 15) is 9.59 Å². The number of benzene rings is 1. The number of carbonyl (C=O) groups excluding carboxylic acids is 2. The van der Waals surface area contributed by atoms with E-state index in [1.54, 1.807) is 12.1 Å². The molecule has 22 heavy (non-hydrogen) atoms. The van der Waals surface area contributed by atoms with Crippen molar-refractivity contribution >= 4 is 39.4 Å². The minimum absolute atomic E-state index is 0.0153. The first-order valence-electron chi connectivity index (χ1n) is 6.88. The van der Waals surface area contributed by atoms with E-state index in [1.165, 1.54) is 4.68 Å². The molecule has 1 aromatic heterocycles. The number of halogens is 1. The Kier molecular flexibility index (Phi) is 3.93. The molecule has 3 rings (SSSR count). The lowest BCUT2D eigenvalue weighted by Gasteiger charge is -2.09. The highest BCUT2D eigenvalue weighted by atomic mass is 79.9. The van der Waals surface area contributed by atoms with Crippen molar-refractivity contribution in [3.63, 3.8) is 0 Å². The van der Waals surface area contributed by atoms with Crippen LogP contribution in [0.1, 0.15) is 25.2 Å². The molecule has 0 bridgehead atoms. The number of nitrogens with one attached hydrogen (secondary N) is 2. The van der Waals surface area contributed by atoms with Gasteiger partial charge in [0, 0.05) is 16.6 Å². The van der Waals surface area contributed by atoms with Crippen molar-refractivity contribution in [1.29, 1.82) is 0 Å². The molecule has 1 aliphatic rings. The van der Waals surface area contributed by atoms with Crippen molar-refractivity contribution in [2.24, 2.45) is 0 Å². The summed E-state index contributed by atoms with van der Waals surface area (Å²) in [6.07, 6.45) is 0.690. The first-order chi connectivity index (χ1) is 10.6. The van der Waals surface area contributed by atoms with Gasteiger partial charge in [-0.05, 0) is 24.3 Å². The molecule has 8 heteroatoms. The van der Waals surface area contributed by atoms with Crippen LogP contribution in [0.25, 0.3) is 0 Å². The monoisotopic (exact) mass is 363 g/mol. The van der Waals surface area contributed by atoms with Crippen molar-refractivity contribution < 1.29 is 9.59 Å². The van der Waals surface area contributed by atoms with Gasteiger partial charge in [0.2, 0.25) is 11.9 Å². The third kappa shape index (κ3) is 2.87. The molecular weight excluding hydrogens is 350 g/mol. The fraction of sp³-hybridized carbons (Fsp3) is 0.286. The predicted octanol–water partition coefficient (Wildman–Crippen LogP) is 2.12. The molecule has 0 fully saturated rings. The Labute approximate surface area is 135 Å². The zero-order valence-corrected chi connectivity index (χ0v) is 13.4. The molecule has 0 saturated heterocycles. The minimum Gasteiger partial charge on any atom is -0.326 e. The minimum atomic E-state index is -0.654. The van der Waals surface area contributed by atoms with E-state index in [1.807, 2.05) is 19.1 Å². The molecule has 2 N–H and O–H groups in total. The maximum absolute atomic E-state index is 12.1. The van der Waals surface area contributed by atoms with E-state index in [2.05, 4.69) is 36.6 Å². The van der Waals surface area contributed by atoms with Crippen LogP contribution in [0.15, 0.2) is 28.7 Å². The van der Waals surface area contributed by atoms with E-state index in [4.69, 9.17) is 0 Å². The van der Waals surface area contributed by atoms with Gasteiger partial charge in [-0.1, -0.05) is 22.9 Å². The van der Waals surface area contributed by atoms with Gasteiger partial charge in [0.1, 0.15) is 6.04 Å². The Morgan fingerprint density at radius 3 is 2.82 bits per heavy atom. The summed E-state index contributed by atoms with van der Waals surface area (Å²) in [5, 5.41) is 9.66. The van der Waals surface area contributed by atoms with Crippen molar-refractivity contribution in [2.45, 2.75) is 25.8 Å². The summed E-state index contributed by atoms with van der Waals surface area (Å²) in [6, 6.07) is 6.58. The average Bonchev–Trinajstić information content (AvgIpc) is 3.00. The van der Waals surface area contributed by atoms with Crippen LogP contribution in [-0.2, 0) is 16.0 Å². The topological polar surface area (TPSA) is 88.9 Å². The summed E-state index contributed by atoms with van der Waals surface area (Å²) in [5.74, 6) is 0.545. The largest absolute Gasteiger partial charge is 0.326 e. The number of nitrogens with zero attached hydrogens (tertiary/aromatic N) is 3. The number of aryl methyl sites for hydroxylation is 1. The molecule has 1 unspecified atom stereocenters. The van der Waals surface area contributed by atoms with E-state index in [0.29, 0.717) is 23.9 Å². The summed E-state index contributed by atoms with van der Waals surface area (Å²) >= 11 is 3.33. The van der Waals surface area contributed by atoms with Gasteiger partial charge in [0.25, 0.3) is 5.91 Å². The van der Waals surface area contributed by atoms with Gasteiger partial charge >= 0.3 is 0 Å². The molecule has 1 aliphatic heterocycles. The normalized spacial score (nSPS) is 16.3. The zero-order chi connectivity index (χ0) is 15.7. The second-order valence-electron chi connectivity index (χ2n) is 4.91. The Hall–Kier alpha value is -2.22. The second-order valence-corrected chi connectivity index (χ2v) is 5.83. The number of fused-ring (bicyclic) bond motifs is 1. The number of rotatable bonds is 4. The summed E-state index contributed by atoms with van der Waals surface area (Å²) in [6.45, 7) is 1.93. The van der Waals surface area contributed by atoms with E-state index >= 15 is 0 Å². The molecule has 7 nitrogen and oxygen atoms in total. The Balaban J connectivity index is 1.70. The number of aromatic nitrogens is 3. The van der Waals surface area contributed by atoms with Crippen molar-refractivity contribution in [2.75, 3.05) is 10.6 Å². The fourth-order valence-electron chi connectivity index (χ4n) is 2.22. The SMILES string of the molecule is CCc1nc2n(n1)C(CC(=O)Nc1ccc(Br)cc1)C(=O)N2. The predicted molar refractivity (Wildman–Crippen MR) is 84.5 cm³/mol. The van der Waals surface area contributed by atoms with Crippen LogP contribution in [0.2, 0.25) is 0 Å². The van der Waals surface area contributed by atoms with Crippen molar-refractivity contribution in [3.05, 3.63) is 34.6 Å². The molecule has 0 spiro atoms. The molecule has 114 valence electrons. The molecule has 0 radical (unpaired) electrons. The third-order valence-corrected chi connectivity index (χ3v) is 3.86. The van der Waals surface area contributed by atoms with E-state index < -0.39 is 6.04 Å². The molecule has 0 saturated carbocycles. The van der Waals surface area contributed by atoms with Crippen LogP contribution in [-0.4, -0.2) is 26.6 Å². The fourth-order valence-corrected chi connectivity index (χ4v) is 2.49. The molecule has 0 aliphatic carbocycles. The van der Waals surface area contributed by atoms with Crippen LogP contribution in [0.3, 0.4) is 0 Å². The quantitative estimate of drug-likeness (QED) is 0.870. The second kappa shape index (κ2) is 5.88. The first kappa shape index (κ1) is 14.7. The van der Waals surface area contributed by atoms with Crippen molar-refractivity contribution in [1.82, 2.24) is 14.8 Å². The van der Waals surface area contributed by atoms with Gasteiger partial charge in [-0.2, -0.15) is 10.1 Å². The molecular formula is C14H14BrN5O2. The third-order valence-electron chi connectivity index (χ3n) is 3.33. The lowest BCUT2D eigenvalue weighted by atomic mass is 10.2. The van der Waals surface area contributed by atoms with Crippen LogP contribution >= 0.6 is 15.9 Å². The average molecular weight is 364 g/mol. The molecule has 2 heterocycles. The zero-order valence-electron chi connectivity index (χ0n) is 11.8. The summed E-state index contributed by atoms with van der Waals surface area (Å²) in [7, 11) is 0. The highest BCUT2D eigenvalue weighted by Gasteiger charge is 2.34. The summed E-state index contributed by atoms with van der Waals surface area (Å²) in [5.41, 5.74) is 0.680. The van der Waals surface area contributed by atoms with Gasteiger partial charge in [0.05, 0.1) is 6.42 Å². The van der Waals surface area contributed by atoms with Gasteiger partial charge in [0.15, 0.2) is 5.82 Å². The van der Waals surface area contributed by atoms with Crippen LogP contribution < -0.4 is 10.6 Å². The smallest absolute Gasteiger partial charge is 0.252 e. The van der Waals surface area contributed by atoms with Gasteiger partial charge < -0.3 is 5.32 Å². The maximum Gasteiger partial charge on any atom is 0.252 e. The number of amides is 2. The number of hydrogen-bond donors (Lipinski definition) is 2. The first-order valence-corrected chi connectivity index (χ1v) is 7.68. The van der Waals surface area contributed by atoms with Gasteiger partial charge in [-0.3, -0.25) is 14.9 Å². The summed E-state index contributed by atoms with van der Waals surface area (Å²) in [4.78, 5) is 28.2. The highest BCUT2D eigenvalue weighted by Crippen LogP contribution is 2.25. The number of anilines is 2. The van der Waals surface area contributed by atoms with E-state index in [-0.39, 0.29) is 18.2 Å². The molecule has 1 atom stereocenters. The van der Waals surface area contributed by atoms with Crippen LogP contribution in [0, 0.1) is 0 Å². The standard InChI is InChI=1S/C14H14BrN5O2/c1-2-11-17-14-18-13(22)10(20(14)19-11)7-12(21)16-9-5-3-8(15)4-6-9/h3-6,10H,2,7H2,1H3,(H,16,21)(H,17,18,19,22). The van der Waals surface area contributed by atoms with Crippen LogP contribution in [0.5, 0.6) is 0 Å². The lowest BCUT2D eigenvalue weighted by Crippen LogP contribution is -2.23. The summed E-state index contributed by atoms with van der Waals surface area (Å²) < 4.78 is 2.42. The van der Waals surface area contributed by atoms with Gasteiger partial charge in [-0.15, -0.1) is 0 Å². The molecule has 2 amide bonds. The lowest BCUT2D eigenvalue weighted by molar-refractivity contribution is -0.123. The number of hydrogen-bond acceptors (Lipinski definition) is 4. The maximum atomic E-state index is 12.1. The Morgan fingerprint density at radius 2 is 2.14 bits per heavy atom. The molecule has 1 aromatic carbocycles. The van der Waals surface area contributed by atoms with Crippen LogP contribution in [0.4, 0.5) is 11.6 Å². The molecule has 2 aromatic rings. The van der Waals surface area contributed by atoms with Gasteiger partial charge in [-0.25, -0.2) is 4.68 Å². The Bertz CT molecular complexity index is 725. The highest BCUT2D eigenvalue weighted by molar-refractivity contribution is 9.10. The van der Waals surface area contributed by atoms with E-state index in [0.717, 1.165) is 4.47 Å². The Morgan fingerprint density at radius 1 is 1.41 bits per heavy atom. The number of carbonyl (C=O) groups is 2.